The number of amides is 1. The summed E-state index contributed by atoms with van der Waals surface area (Å²) in [6.07, 6.45) is 6.39. The van der Waals surface area contributed by atoms with Gasteiger partial charge in [0, 0.05) is 85.0 Å². The third-order valence-electron chi connectivity index (χ3n) is 6.59. The number of likely N-dealkylation sites (tertiary alicyclic amines) is 1. The molecule has 0 aromatic carbocycles. The van der Waals surface area contributed by atoms with Gasteiger partial charge in [0.05, 0.1) is 18.4 Å². The molecular formula is C24H32F2IN5O2. The number of rotatable bonds is 7. The molecule has 34 heavy (non-hydrogen) atoms. The largest absolute Gasteiger partial charge is 0.379 e. The molecule has 2 aliphatic rings. The van der Waals surface area contributed by atoms with Gasteiger partial charge >= 0.3 is 3.93 Å². The summed E-state index contributed by atoms with van der Waals surface area (Å²) < 4.78 is 33.2. The molecule has 2 fully saturated rings. The van der Waals surface area contributed by atoms with Gasteiger partial charge in [0.25, 0.3) is 0 Å². The lowest BCUT2D eigenvalue weighted by Crippen LogP contribution is -2.51. The van der Waals surface area contributed by atoms with Gasteiger partial charge < -0.3 is 24.3 Å². The number of ether oxygens (including phenoxy) is 1. The van der Waals surface area contributed by atoms with E-state index in [1.807, 2.05) is 13.8 Å². The van der Waals surface area contributed by atoms with E-state index >= 15 is 0 Å². The van der Waals surface area contributed by atoms with Crippen molar-refractivity contribution in [3.8, 4) is 0 Å². The number of halogens is 3. The lowest BCUT2D eigenvalue weighted by molar-refractivity contribution is -0.134. The fourth-order valence-corrected chi connectivity index (χ4v) is 5.02. The van der Waals surface area contributed by atoms with Crippen LogP contribution < -0.4 is 5.32 Å². The number of imidazole rings is 1. The zero-order valence-electron chi connectivity index (χ0n) is 19.6. The Hall–Kier alpha value is -1.79. The summed E-state index contributed by atoms with van der Waals surface area (Å²) in [5, 5.41) is 3.50. The first-order chi connectivity index (χ1) is 16.2. The second-order valence-electron chi connectivity index (χ2n) is 9.37. The quantitative estimate of drug-likeness (QED) is 0.299. The Labute approximate surface area is 212 Å². The van der Waals surface area contributed by atoms with Crippen LogP contribution in [-0.2, 0) is 13.5 Å². The molecule has 10 heteroatoms. The number of piperidine rings is 1. The molecule has 1 atom stereocenters. The molecule has 0 spiro atoms. The van der Waals surface area contributed by atoms with Crippen LogP contribution in [0.2, 0.25) is 0 Å². The lowest BCUT2D eigenvalue weighted by atomic mass is 10.0. The third kappa shape index (κ3) is 5.71. The summed E-state index contributed by atoms with van der Waals surface area (Å²) in [5.74, 6) is 0.116. The van der Waals surface area contributed by atoms with E-state index < -0.39 is 3.93 Å². The Bertz CT molecular complexity index is 1030. The molecule has 0 aliphatic carbocycles. The van der Waals surface area contributed by atoms with E-state index in [0.29, 0.717) is 31.0 Å². The van der Waals surface area contributed by atoms with Crippen LogP contribution in [0, 0.1) is 0 Å². The number of carbonyl (C=O) groups is 1. The number of pyridine rings is 1. The highest BCUT2D eigenvalue weighted by atomic mass is 127. The zero-order chi connectivity index (χ0) is 24.5. The first-order valence-corrected chi connectivity index (χ1v) is 12.8. The van der Waals surface area contributed by atoms with Crippen molar-refractivity contribution in [1.29, 1.82) is 0 Å². The standard InChI is InChI=1S/C24H32F2IN5O2/c1-4-22(33)31-9-10-34-19(15-31)14-30-7-5-18(6-8-30)29-20-11-17(24(25,26)27)13-32-21(16(2)3)12-28-23(20)32/h4,11-13,16,18-19,29H,1,5-10,14-15H2,2-3H3/t19-/m1/s1. The maximum Gasteiger partial charge on any atom is 0.323 e. The molecule has 4 rings (SSSR count). The maximum atomic E-state index is 14.2. The summed E-state index contributed by atoms with van der Waals surface area (Å²) in [4.78, 5) is 20.6. The minimum absolute atomic E-state index is 0.0104. The lowest BCUT2D eigenvalue weighted by Gasteiger charge is -2.38. The molecule has 2 saturated heterocycles. The van der Waals surface area contributed by atoms with Crippen LogP contribution in [0.25, 0.3) is 5.65 Å². The van der Waals surface area contributed by atoms with Crippen molar-refractivity contribution in [2.75, 3.05) is 44.6 Å². The highest BCUT2D eigenvalue weighted by molar-refractivity contribution is 14.1. The molecule has 4 heterocycles. The van der Waals surface area contributed by atoms with E-state index in [-0.39, 0.29) is 29.5 Å². The van der Waals surface area contributed by atoms with Gasteiger partial charge in [-0.2, -0.15) is 8.78 Å². The summed E-state index contributed by atoms with van der Waals surface area (Å²) in [7, 11) is 0. The van der Waals surface area contributed by atoms with Crippen LogP contribution in [0.4, 0.5) is 14.5 Å². The van der Waals surface area contributed by atoms with Gasteiger partial charge in [0.1, 0.15) is 0 Å². The number of fused-ring (bicyclic) bond motifs is 1. The number of nitrogens with one attached hydrogen (secondary N) is 1. The number of anilines is 1. The van der Waals surface area contributed by atoms with Crippen molar-refractivity contribution in [3.63, 3.8) is 0 Å². The van der Waals surface area contributed by atoms with E-state index in [4.69, 9.17) is 4.74 Å². The Kier molecular flexibility index (Phi) is 7.78. The summed E-state index contributed by atoms with van der Waals surface area (Å²) in [6, 6.07) is 1.70. The second-order valence-corrected chi connectivity index (χ2v) is 10.7. The number of morpholine rings is 1. The van der Waals surface area contributed by atoms with Crippen LogP contribution >= 0.6 is 22.6 Å². The number of aromatic nitrogens is 2. The van der Waals surface area contributed by atoms with E-state index in [1.165, 1.54) is 40.9 Å². The van der Waals surface area contributed by atoms with Crippen LogP contribution in [0.15, 0.2) is 31.1 Å². The van der Waals surface area contributed by atoms with E-state index in [0.717, 1.165) is 38.2 Å². The first-order valence-electron chi connectivity index (χ1n) is 11.8. The third-order valence-corrected chi connectivity index (χ3v) is 7.21. The fourth-order valence-electron chi connectivity index (χ4n) is 4.72. The molecule has 186 valence electrons. The highest BCUT2D eigenvalue weighted by Gasteiger charge is 2.31. The Morgan fingerprint density at radius 1 is 1.38 bits per heavy atom. The van der Waals surface area contributed by atoms with Gasteiger partial charge in [-0.05, 0) is 30.9 Å². The molecular weight excluding hydrogens is 555 g/mol. The normalized spacial score (nSPS) is 20.8. The monoisotopic (exact) mass is 587 g/mol. The van der Waals surface area contributed by atoms with Gasteiger partial charge in [-0.3, -0.25) is 4.79 Å². The molecule has 2 aromatic rings. The van der Waals surface area contributed by atoms with Gasteiger partial charge in [-0.25, -0.2) is 4.98 Å². The molecule has 0 saturated carbocycles. The molecule has 1 N–H and O–H groups in total. The Balaban J connectivity index is 1.41. The van der Waals surface area contributed by atoms with Gasteiger partial charge in [0.2, 0.25) is 5.91 Å². The predicted molar refractivity (Wildman–Crippen MR) is 137 cm³/mol. The van der Waals surface area contributed by atoms with Crippen LogP contribution in [0.1, 0.15) is 43.9 Å². The highest BCUT2D eigenvalue weighted by Crippen LogP contribution is 2.38. The van der Waals surface area contributed by atoms with E-state index in [9.17, 15) is 13.6 Å². The number of hydrogen-bond acceptors (Lipinski definition) is 5. The number of carbonyl (C=O) groups excluding carboxylic acids is 1. The zero-order valence-corrected chi connectivity index (χ0v) is 21.8. The van der Waals surface area contributed by atoms with Crippen LogP contribution in [-0.4, -0.2) is 76.6 Å². The number of alkyl halides is 3. The molecule has 2 aliphatic heterocycles. The van der Waals surface area contributed by atoms with Gasteiger partial charge in [-0.1, -0.05) is 20.4 Å². The molecule has 1 amide bonds. The van der Waals surface area contributed by atoms with Crippen molar-refractivity contribution in [2.45, 2.75) is 48.7 Å². The fraction of sp³-hybridized carbons (Fsp3) is 0.583. The van der Waals surface area contributed by atoms with Gasteiger partial charge in [-0.15, -0.1) is 0 Å². The number of nitrogens with zero attached hydrogens (tertiary/aromatic N) is 4. The Morgan fingerprint density at radius 3 is 2.76 bits per heavy atom. The topological polar surface area (TPSA) is 62.1 Å². The van der Waals surface area contributed by atoms with Gasteiger partial charge in [0.15, 0.2) is 5.65 Å². The van der Waals surface area contributed by atoms with Crippen molar-refractivity contribution in [2.24, 2.45) is 0 Å². The SMILES string of the molecule is C=CC(=O)N1CCO[C@H](CN2CCC(Nc3cc(C(F)(F)I)cn4c(C(C)C)cnc34)CC2)C1. The van der Waals surface area contributed by atoms with Crippen molar-refractivity contribution in [3.05, 3.63) is 42.4 Å². The Morgan fingerprint density at radius 2 is 2.12 bits per heavy atom. The van der Waals surface area contributed by atoms with E-state index in [1.54, 1.807) is 15.5 Å². The average Bonchev–Trinajstić information content (AvgIpc) is 3.24. The smallest absolute Gasteiger partial charge is 0.323 e. The molecule has 2 aromatic heterocycles. The van der Waals surface area contributed by atoms with Crippen molar-refractivity contribution >= 4 is 39.8 Å². The predicted octanol–water partition coefficient (Wildman–Crippen LogP) is 4.23. The van der Waals surface area contributed by atoms with E-state index in [2.05, 4.69) is 21.8 Å². The molecule has 0 bridgehead atoms. The summed E-state index contributed by atoms with van der Waals surface area (Å²) >= 11 is 1.18. The number of hydrogen-bond donors (Lipinski definition) is 1. The second kappa shape index (κ2) is 10.4. The maximum absolute atomic E-state index is 14.2. The van der Waals surface area contributed by atoms with Crippen molar-refractivity contribution in [1.82, 2.24) is 19.2 Å². The van der Waals surface area contributed by atoms with Crippen molar-refractivity contribution < 1.29 is 18.3 Å². The molecule has 0 radical (unpaired) electrons. The molecule has 0 unspecified atom stereocenters. The average molecular weight is 587 g/mol. The molecule has 7 nitrogen and oxygen atoms in total. The summed E-state index contributed by atoms with van der Waals surface area (Å²) in [6.45, 7) is 11.9. The minimum atomic E-state index is -2.97. The van der Waals surface area contributed by atoms with Crippen LogP contribution in [0.3, 0.4) is 0 Å². The first kappa shape index (κ1) is 25.3. The minimum Gasteiger partial charge on any atom is -0.379 e. The summed E-state index contributed by atoms with van der Waals surface area (Å²) in [5.41, 5.74) is 2.20. The van der Waals surface area contributed by atoms with Crippen LogP contribution in [0.5, 0.6) is 0 Å².